The van der Waals surface area contributed by atoms with Crippen molar-refractivity contribution in [2.24, 2.45) is 0 Å². The third-order valence-corrected chi connectivity index (χ3v) is 3.31. The van der Waals surface area contributed by atoms with Gasteiger partial charge in [0.2, 0.25) is 0 Å². The van der Waals surface area contributed by atoms with Crippen LogP contribution in [0.3, 0.4) is 0 Å². The first kappa shape index (κ1) is 11.8. The van der Waals surface area contributed by atoms with Gasteiger partial charge < -0.3 is 4.90 Å². The molecule has 0 saturated carbocycles. The maximum absolute atomic E-state index is 5.42. The van der Waals surface area contributed by atoms with Crippen LogP contribution in [0.15, 0.2) is 58.7 Å². The summed E-state index contributed by atoms with van der Waals surface area (Å²) in [5.41, 5.74) is 3.92. The minimum absolute atomic E-state index is 0.827. The number of terminal acetylenes is 1. The number of benzene rings is 1. The van der Waals surface area contributed by atoms with E-state index in [1.807, 2.05) is 36.2 Å². The molecule has 0 spiro atoms. The molecule has 84 valence electrons. The highest BCUT2D eigenvalue weighted by atomic mass is 79.9. The fraction of sp³-hybridized carbons (Fsp3) is 0.0667. The van der Waals surface area contributed by atoms with E-state index < -0.39 is 0 Å². The van der Waals surface area contributed by atoms with E-state index in [1.54, 1.807) is 0 Å². The Hall–Kier alpha value is -1.72. The van der Waals surface area contributed by atoms with Crippen LogP contribution in [-0.4, -0.2) is 11.9 Å². The molecule has 1 aliphatic rings. The summed E-state index contributed by atoms with van der Waals surface area (Å²) in [6, 6.07) is 8.17. The summed E-state index contributed by atoms with van der Waals surface area (Å²) in [5, 5.41) is 0. The normalized spacial score (nSPS) is 15.1. The number of halogens is 1. The molecule has 0 fully saturated rings. The quantitative estimate of drug-likeness (QED) is 0.710. The minimum atomic E-state index is 0.827. The first-order valence-electron chi connectivity index (χ1n) is 5.21. The Morgan fingerprint density at radius 1 is 1.24 bits per heavy atom. The molecule has 0 atom stereocenters. The van der Waals surface area contributed by atoms with Gasteiger partial charge in [-0.15, -0.1) is 6.42 Å². The Labute approximate surface area is 110 Å². The highest BCUT2D eigenvalue weighted by Gasteiger charge is 2.15. The van der Waals surface area contributed by atoms with E-state index in [9.17, 15) is 0 Å². The van der Waals surface area contributed by atoms with Crippen LogP contribution < -0.4 is 0 Å². The monoisotopic (exact) mass is 285 g/mol. The molecule has 1 aromatic carbocycles. The zero-order valence-electron chi connectivity index (χ0n) is 9.57. The third-order valence-electron chi connectivity index (χ3n) is 2.78. The van der Waals surface area contributed by atoms with Crippen LogP contribution in [0, 0.1) is 12.3 Å². The van der Waals surface area contributed by atoms with Crippen molar-refractivity contribution in [3.05, 3.63) is 64.3 Å². The molecule has 2 heteroatoms. The van der Waals surface area contributed by atoms with Crippen LogP contribution in [0.25, 0.3) is 5.70 Å². The smallest absolute Gasteiger partial charge is 0.0494 e. The van der Waals surface area contributed by atoms with E-state index in [0.717, 1.165) is 27.0 Å². The first-order valence-corrected chi connectivity index (χ1v) is 6.00. The van der Waals surface area contributed by atoms with E-state index in [1.165, 1.54) is 0 Å². The van der Waals surface area contributed by atoms with Gasteiger partial charge in [-0.2, -0.15) is 0 Å². The van der Waals surface area contributed by atoms with Gasteiger partial charge in [-0.3, -0.25) is 0 Å². The molecule has 0 amide bonds. The van der Waals surface area contributed by atoms with Gasteiger partial charge in [-0.05, 0) is 29.8 Å². The average molecular weight is 286 g/mol. The molecule has 0 aliphatic carbocycles. The molecule has 0 unspecified atom stereocenters. The molecular formula is C15H12BrN. The summed E-state index contributed by atoms with van der Waals surface area (Å²) in [6.45, 7) is 4.01. The van der Waals surface area contributed by atoms with Crippen molar-refractivity contribution in [3.8, 4) is 12.3 Å². The van der Waals surface area contributed by atoms with Gasteiger partial charge in [0.25, 0.3) is 0 Å². The van der Waals surface area contributed by atoms with E-state index >= 15 is 0 Å². The first-order chi connectivity index (χ1) is 8.13. The number of hydrogen-bond acceptors (Lipinski definition) is 1. The summed E-state index contributed by atoms with van der Waals surface area (Å²) >= 11 is 3.43. The lowest BCUT2D eigenvalue weighted by atomic mass is 10.0. The predicted molar refractivity (Wildman–Crippen MR) is 75.9 cm³/mol. The molecule has 0 N–H and O–H groups in total. The highest BCUT2D eigenvalue weighted by Crippen LogP contribution is 2.29. The van der Waals surface area contributed by atoms with Crippen molar-refractivity contribution in [3.63, 3.8) is 0 Å². The summed E-state index contributed by atoms with van der Waals surface area (Å²) in [5.74, 6) is 2.63. The molecule has 1 aliphatic heterocycles. The standard InChI is InChI=1S/C15H12BrN/c1-4-12-7-10-15(17(3)11(12)2)13-5-8-14(16)9-6-13/h1,5-10H,2H2,3H3. The summed E-state index contributed by atoms with van der Waals surface area (Å²) in [7, 11) is 1.97. The summed E-state index contributed by atoms with van der Waals surface area (Å²) in [6.07, 6.45) is 9.37. The van der Waals surface area contributed by atoms with Crippen LogP contribution in [-0.2, 0) is 0 Å². The Bertz CT molecular complexity index is 556. The van der Waals surface area contributed by atoms with Crippen molar-refractivity contribution in [2.45, 2.75) is 0 Å². The molecule has 2 rings (SSSR count). The van der Waals surface area contributed by atoms with Crippen LogP contribution >= 0.6 is 15.9 Å². The van der Waals surface area contributed by atoms with Crippen molar-refractivity contribution in [2.75, 3.05) is 7.05 Å². The Balaban J connectivity index is 2.44. The van der Waals surface area contributed by atoms with Crippen LogP contribution in [0.5, 0.6) is 0 Å². The zero-order chi connectivity index (χ0) is 12.4. The van der Waals surface area contributed by atoms with Gasteiger partial charge in [0.05, 0.1) is 0 Å². The lowest BCUT2D eigenvalue weighted by Crippen LogP contribution is -2.19. The van der Waals surface area contributed by atoms with Crippen molar-refractivity contribution in [1.29, 1.82) is 0 Å². The topological polar surface area (TPSA) is 3.24 Å². The molecule has 17 heavy (non-hydrogen) atoms. The third kappa shape index (κ3) is 2.20. The second-order valence-corrected chi connectivity index (χ2v) is 4.70. The zero-order valence-corrected chi connectivity index (χ0v) is 11.2. The van der Waals surface area contributed by atoms with Gasteiger partial charge in [0.1, 0.15) is 0 Å². The van der Waals surface area contributed by atoms with Crippen LogP contribution in [0.4, 0.5) is 0 Å². The van der Waals surface area contributed by atoms with Gasteiger partial charge >= 0.3 is 0 Å². The van der Waals surface area contributed by atoms with Crippen molar-refractivity contribution in [1.82, 2.24) is 4.90 Å². The molecule has 0 radical (unpaired) electrons. The fourth-order valence-electron chi connectivity index (χ4n) is 1.74. The van der Waals surface area contributed by atoms with Gasteiger partial charge in [0.15, 0.2) is 0 Å². The average Bonchev–Trinajstić information content (AvgIpc) is 2.34. The van der Waals surface area contributed by atoms with E-state index in [-0.39, 0.29) is 0 Å². The minimum Gasteiger partial charge on any atom is -0.344 e. The fourth-order valence-corrected chi connectivity index (χ4v) is 2.00. The molecule has 0 aromatic heterocycles. The summed E-state index contributed by atoms with van der Waals surface area (Å²) < 4.78 is 1.07. The maximum Gasteiger partial charge on any atom is 0.0494 e. The van der Waals surface area contributed by atoms with Gasteiger partial charge in [-0.1, -0.05) is 40.6 Å². The Morgan fingerprint density at radius 2 is 1.88 bits per heavy atom. The molecule has 0 saturated heterocycles. The lowest BCUT2D eigenvalue weighted by Gasteiger charge is -2.27. The number of hydrogen-bond donors (Lipinski definition) is 0. The number of likely N-dealkylation sites (N-methyl/N-ethyl adjacent to an activating group) is 1. The predicted octanol–water partition coefficient (Wildman–Crippen LogP) is 3.81. The summed E-state index contributed by atoms with van der Waals surface area (Å²) in [4.78, 5) is 2.01. The second-order valence-electron chi connectivity index (χ2n) is 3.79. The van der Waals surface area contributed by atoms with E-state index in [2.05, 4.69) is 40.6 Å². The van der Waals surface area contributed by atoms with Gasteiger partial charge in [-0.25, -0.2) is 0 Å². The Kier molecular flexibility index (Phi) is 3.21. The molecule has 0 bridgehead atoms. The van der Waals surface area contributed by atoms with Crippen molar-refractivity contribution >= 4 is 21.6 Å². The molecular weight excluding hydrogens is 274 g/mol. The molecule has 1 aromatic rings. The van der Waals surface area contributed by atoms with E-state index in [4.69, 9.17) is 6.42 Å². The SMILES string of the molecule is C#CC1=CC=C(c2ccc(Br)cc2)N(C)C1=C. The van der Waals surface area contributed by atoms with Crippen molar-refractivity contribution < 1.29 is 0 Å². The number of allylic oxidation sites excluding steroid dienone is 3. The molecule has 1 nitrogen and oxygen atoms in total. The number of rotatable bonds is 1. The largest absolute Gasteiger partial charge is 0.344 e. The highest BCUT2D eigenvalue weighted by molar-refractivity contribution is 9.10. The van der Waals surface area contributed by atoms with E-state index in [0.29, 0.717) is 0 Å². The Morgan fingerprint density at radius 3 is 2.47 bits per heavy atom. The van der Waals surface area contributed by atoms with Crippen LogP contribution in [0.2, 0.25) is 0 Å². The molecule has 1 heterocycles. The van der Waals surface area contributed by atoms with Crippen LogP contribution in [0.1, 0.15) is 5.56 Å². The second kappa shape index (κ2) is 4.65. The number of nitrogens with zero attached hydrogens (tertiary/aromatic N) is 1. The van der Waals surface area contributed by atoms with Gasteiger partial charge in [0, 0.05) is 28.5 Å². The maximum atomic E-state index is 5.42. The lowest BCUT2D eigenvalue weighted by molar-refractivity contribution is 0.609.